The Bertz CT molecular complexity index is 789. The highest BCUT2D eigenvalue weighted by Crippen LogP contribution is 2.40. The van der Waals surface area contributed by atoms with Gasteiger partial charge in [-0.15, -0.1) is 0 Å². The van der Waals surface area contributed by atoms with Crippen LogP contribution in [-0.4, -0.2) is 16.9 Å². The molecule has 0 saturated carbocycles. The van der Waals surface area contributed by atoms with E-state index >= 15 is 0 Å². The second-order valence-electron chi connectivity index (χ2n) is 5.16. The normalized spacial score (nSPS) is 22.5. The van der Waals surface area contributed by atoms with E-state index in [2.05, 4.69) is 5.32 Å². The van der Waals surface area contributed by atoms with Gasteiger partial charge in [0.15, 0.2) is 12.2 Å². The van der Waals surface area contributed by atoms with Gasteiger partial charge in [-0.1, -0.05) is 36.4 Å². The van der Waals surface area contributed by atoms with Crippen LogP contribution >= 0.6 is 0 Å². The molecule has 0 aliphatic carbocycles. The molecule has 0 fully saturated rings. The van der Waals surface area contributed by atoms with Crippen LogP contribution in [0.1, 0.15) is 23.3 Å². The first-order valence-corrected chi connectivity index (χ1v) is 6.84. The molecule has 2 aliphatic rings. The molecule has 0 aromatic heterocycles. The standard InChI is InChI=1S/C16H12N2O4/c19-13-10-6-2-4-8-12(10)18(16(13)21)22-14-9-5-1-3-7-11(9)17-15(14)20/h1-8,13-14,19H,(H,17,20). The summed E-state index contributed by atoms with van der Waals surface area (Å²) in [5, 5.41) is 13.7. The van der Waals surface area contributed by atoms with E-state index in [1.807, 2.05) is 6.07 Å². The molecule has 2 unspecified atom stereocenters. The molecule has 0 radical (unpaired) electrons. The van der Waals surface area contributed by atoms with Crippen LogP contribution in [0, 0.1) is 0 Å². The number of aliphatic hydroxyl groups excluding tert-OH is 1. The second kappa shape index (κ2) is 4.66. The largest absolute Gasteiger partial charge is 0.378 e. The summed E-state index contributed by atoms with van der Waals surface area (Å²) in [6.45, 7) is 0. The van der Waals surface area contributed by atoms with Crippen LogP contribution in [-0.2, 0) is 14.4 Å². The number of aliphatic hydroxyl groups is 1. The van der Waals surface area contributed by atoms with Gasteiger partial charge in [0.05, 0.1) is 5.69 Å². The number of hydrogen-bond donors (Lipinski definition) is 2. The Kier molecular flexibility index (Phi) is 2.75. The highest BCUT2D eigenvalue weighted by molar-refractivity contribution is 6.04. The lowest BCUT2D eigenvalue weighted by Gasteiger charge is -2.20. The van der Waals surface area contributed by atoms with Gasteiger partial charge in [-0.25, -0.2) is 4.84 Å². The van der Waals surface area contributed by atoms with Gasteiger partial charge in [-0.05, 0) is 12.1 Å². The highest BCUT2D eigenvalue weighted by atomic mass is 16.7. The van der Waals surface area contributed by atoms with Crippen molar-refractivity contribution in [3.8, 4) is 0 Å². The van der Waals surface area contributed by atoms with Gasteiger partial charge in [0.1, 0.15) is 0 Å². The molecule has 2 N–H and O–H groups in total. The smallest absolute Gasteiger partial charge is 0.284 e. The van der Waals surface area contributed by atoms with Gasteiger partial charge in [0.2, 0.25) is 0 Å². The summed E-state index contributed by atoms with van der Waals surface area (Å²) in [6, 6.07) is 13.9. The molecule has 2 amide bonds. The number of anilines is 2. The summed E-state index contributed by atoms with van der Waals surface area (Å²) in [5.41, 5.74) is 2.26. The Morgan fingerprint density at radius 1 is 1.00 bits per heavy atom. The predicted octanol–water partition coefficient (Wildman–Crippen LogP) is 1.69. The van der Waals surface area contributed by atoms with E-state index in [0.717, 1.165) is 5.06 Å². The minimum atomic E-state index is -1.27. The average molecular weight is 296 g/mol. The van der Waals surface area contributed by atoms with Crippen molar-refractivity contribution in [3.05, 3.63) is 59.7 Å². The number of nitrogens with zero attached hydrogens (tertiary/aromatic N) is 1. The molecule has 2 aromatic rings. The summed E-state index contributed by atoms with van der Waals surface area (Å²) in [4.78, 5) is 29.9. The lowest BCUT2D eigenvalue weighted by molar-refractivity contribution is -0.139. The molecule has 6 nitrogen and oxygen atoms in total. The number of amides is 2. The fourth-order valence-electron chi connectivity index (χ4n) is 2.76. The molecular formula is C16H12N2O4. The third-order valence-corrected chi connectivity index (χ3v) is 3.83. The Morgan fingerprint density at radius 2 is 1.68 bits per heavy atom. The predicted molar refractivity (Wildman–Crippen MR) is 77.8 cm³/mol. The van der Waals surface area contributed by atoms with Crippen molar-refractivity contribution < 1.29 is 19.5 Å². The van der Waals surface area contributed by atoms with Crippen LogP contribution in [0.5, 0.6) is 0 Å². The average Bonchev–Trinajstić information content (AvgIpc) is 2.98. The Labute approximate surface area is 125 Å². The van der Waals surface area contributed by atoms with E-state index in [9.17, 15) is 14.7 Å². The zero-order chi connectivity index (χ0) is 15.3. The van der Waals surface area contributed by atoms with Crippen molar-refractivity contribution >= 4 is 23.2 Å². The zero-order valence-electron chi connectivity index (χ0n) is 11.4. The van der Waals surface area contributed by atoms with Gasteiger partial charge in [-0.3, -0.25) is 9.59 Å². The molecule has 4 rings (SSSR count). The van der Waals surface area contributed by atoms with Crippen molar-refractivity contribution in [1.29, 1.82) is 0 Å². The van der Waals surface area contributed by atoms with Crippen molar-refractivity contribution in [3.63, 3.8) is 0 Å². The van der Waals surface area contributed by atoms with E-state index in [4.69, 9.17) is 4.84 Å². The fourth-order valence-corrected chi connectivity index (χ4v) is 2.76. The van der Waals surface area contributed by atoms with Gasteiger partial charge >= 0.3 is 0 Å². The summed E-state index contributed by atoms with van der Waals surface area (Å²) in [5.74, 6) is -0.939. The molecule has 2 heterocycles. The lowest BCUT2D eigenvalue weighted by atomic mass is 10.1. The third-order valence-electron chi connectivity index (χ3n) is 3.83. The molecule has 110 valence electrons. The molecule has 2 aliphatic heterocycles. The van der Waals surface area contributed by atoms with E-state index in [1.54, 1.807) is 42.5 Å². The summed E-state index contributed by atoms with van der Waals surface area (Å²) in [7, 11) is 0. The van der Waals surface area contributed by atoms with Crippen LogP contribution in [0.15, 0.2) is 48.5 Å². The Hall–Kier alpha value is -2.70. The van der Waals surface area contributed by atoms with Crippen LogP contribution in [0.25, 0.3) is 0 Å². The maximum Gasteiger partial charge on any atom is 0.284 e. The lowest BCUT2D eigenvalue weighted by Crippen LogP contribution is -2.32. The zero-order valence-corrected chi connectivity index (χ0v) is 11.4. The number of fused-ring (bicyclic) bond motifs is 2. The number of benzene rings is 2. The number of nitrogens with one attached hydrogen (secondary N) is 1. The molecule has 0 bridgehead atoms. The van der Waals surface area contributed by atoms with Gasteiger partial charge in [0.25, 0.3) is 11.8 Å². The molecule has 6 heteroatoms. The quantitative estimate of drug-likeness (QED) is 0.884. The Balaban J connectivity index is 1.70. The number of hydrogen-bond acceptors (Lipinski definition) is 4. The molecule has 0 spiro atoms. The minimum absolute atomic E-state index is 0.340. The molecule has 2 atom stereocenters. The van der Waals surface area contributed by atoms with E-state index in [1.165, 1.54) is 0 Å². The van der Waals surface area contributed by atoms with Crippen LogP contribution < -0.4 is 10.4 Å². The first-order valence-electron chi connectivity index (χ1n) is 6.84. The van der Waals surface area contributed by atoms with Crippen molar-refractivity contribution in [2.24, 2.45) is 0 Å². The van der Waals surface area contributed by atoms with Crippen molar-refractivity contribution in [2.45, 2.75) is 12.2 Å². The number of carbonyl (C=O) groups excluding carboxylic acids is 2. The summed E-state index contributed by atoms with van der Waals surface area (Å²) < 4.78 is 0. The van der Waals surface area contributed by atoms with Gasteiger partial charge in [0, 0.05) is 16.8 Å². The van der Waals surface area contributed by atoms with E-state index in [0.29, 0.717) is 22.5 Å². The second-order valence-corrected chi connectivity index (χ2v) is 5.16. The number of para-hydroxylation sites is 2. The monoisotopic (exact) mass is 296 g/mol. The van der Waals surface area contributed by atoms with Gasteiger partial charge < -0.3 is 10.4 Å². The van der Waals surface area contributed by atoms with Crippen LogP contribution in [0.4, 0.5) is 11.4 Å². The topological polar surface area (TPSA) is 78.9 Å². The first-order chi connectivity index (χ1) is 10.7. The number of hydroxylamine groups is 1. The highest BCUT2D eigenvalue weighted by Gasteiger charge is 2.41. The molecule has 0 saturated heterocycles. The summed E-state index contributed by atoms with van der Waals surface area (Å²) >= 11 is 0. The van der Waals surface area contributed by atoms with E-state index in [-0.39, 0.29) is 5.91 Å². The fraction of sp³-hybridized carbons (Fsp3) is 0.125. The molecular weight excluding hydrogens is 284 g/mol. The maximum absolute atomic E-state index is 12.2. The SMILES string of the molecule is O=C1Nc2ccccc2C1ON1C(=O)C(O)c2ccccc21. The van der Waals surface area contributed by atoms with Crippen LogP contribution in [0.2, 0.25) is 0 Å². The first kappa shape index (κ1) is 13.0. The number of rotatable bonds is 2. The Morgan fingerprint density at radius 3 is 2.50 bits per heavy atom. The van der Waals surface area contributed by atoms with Crippen molar-refractivity contribution in [1.82, 2.24) is 0 Å². The third kappa shape index (κ3) is 1.75. The van der Waals surface area contributed by atoms with Gasteiger partial charge in [-0.2, -0.15) is 5.06 Å². The molecule has 2 aromatic carbocycles. The van der Waals surface area contributed by atoms with Crippen molar-refractivity contribution in [2.75, 3.05) is 10.4 Å². The number of carbonyl (C=O) groups is 2. The summed E-state index contributed by atoms with van der Waals surface area (Å²) in [6.07, 6.45) is -2.19. The maximum atomic E-state index is 12.2. The van der Waals surface area contributed by atoms with Crippen LogP contribution in [0.3, 0.4) is 0 Å². The molecule has 22 heavy (non-hydrogen) atoms. The minimum Gasteiger partial charge on any atom is -0.378 e. The van der Waals surface area contributed by atoms with E-state index < -0.39 is 18.1 Å².